The molecule has 0 aliphatic rings. The van der Waals surface area contributed by atoms with Crippen LogP contribution in [0.4, 0.5) is 5.69 Å². The number of anilines is 1. The van der Waals surface area contributed by atoms with Gasteiger partial charge in [0.05, 0.1) is 10.6 Å². The maximum absolute atomic E-state index is 14.1. The van der Waals surface area contributed by atoms with Gasteiger partial charge in [0.15, 0.2) is 0 Å². The Kier molecular flexibility index (Phi) is 11.5. The van der Waals surface area contributed by atoms with Gasteiger partial charge >= 0.3 is 0 Å². The topological polar surface area (TPSA) is 86.8 Å². The largest absolute Gasteiger partial charge is 0.354 e. The van der Waals surface area contributed by atoms with Gasteiger partial charge in [-0.2, -0.15) is 0 Å². The van der Waals surface area contributed by atoms with Gasteiger partial charge in [-0.1, -0.05) is 94.3 Å². The first kappa shape index (κ1) is 31.9. The Hall–Kier alpha value is -3.65. The highest BCUT2D eigenvalue weighted by Crippen LogP contribution is 2.27. The number of carbonyl (C=O) groups excluding carboxylic acids is 2. The molecule has 0 radical (unpaired) electrons. The fourth-order valence-corrected chi connectivity index (χ4v) is 6.02. The Morgan fingerprint density at radius 1 is 0.878 bits per heavy atom. The van der Waals surface area contributed by atoms with E-state index in [0.29, 0.717) is 18.7 Å². The lowest BCUT2D eigenvalue weighted by atomic mass is 10.0. The summed E-state index contributed by atoms with van der Waals surface area (Å²) in [6.45, 7) is 10.3. The maximum atomic E-state index is 14.1. The number of hydrogen-bond donors (Lipinski definition) is 1. The SMILES string of the molecule is CCCCNC(=O)C(CC)N(Cc1ccc(C)cc1)C(=O)CN(c1ccc(C(C)C)cc1)S(=O)(=O)c1ccccc1. The van der Waals surface area contributed by atoms with E-state index in [1.54, 1.807) is 30.3 Å². The Bertz CT molecular complexity index is 1370. The van der Waals surface area contributed by atoms with E-state index >= 15 is 0 Å². The minimum Gasteiger partial charge on any atom is -0.354 e. The van der Waals surface area contributed by atoms with Gasteiger partial charge in [0, 0.05) is 13.1 Å². The molecular formula is C33H43N3O4S. The summed E-state index contributed by atoms with van der Waals surface area (Å²) < 4.78 is 29.0. The van der Waals surface area contributed by atoms with Crippen LogP contribution in [0.15, 0.2) is 83.8 Å². The van der Waals surface area contributed by atoms with Gasteiger partial charge in [-0.25, -0.2) is 8.42 Å². The maximum Gasteiger partial charge on any atom is 0.264 e. The lowest BCUT2D eigenvalue weighted by molar-refractivity contribution is -0.140. The molecule has 220 valence electrons. The molecular weight excluding hydrogens is 534 g/mol. The molecule has 1 N–H and O–H groups in total. The van der Waals surface area contributed by atoms with E-state index in [2.05, 4.69) is 19.2 Å². The molecule has 8 heteroatoms. The van der Waals surface area contributed by atoms with Crippen LogP contribution in [0.1, 0.15) is 69.6 Å². The highest BCUT2D eigenvalue weighted by atomic mass is 32.2. The number of nitrogens with one attached hydrogen (secondary N) is 1. The molecule has 0 aromatic heterocycles. The summed E-state index contributed by atoms with van der Waals surface area (Å²) >= 11 is 0. The van der Waals surface area contributed by atoms with Crippen LogP contribution in [0.3, 0.4) is 0 Å². The lowest BCUT2D eigenvalue weighted by Gasteiger charge is -2.33. The molecule has 0 saturated heterocycles. The van der Waals surface area contributed by atoms with Crippen molar-refractivity contribution < 1.29 is 18.0 Å². The lowest BCUT2D eigenvalue weighted by Crippen LogP contribution is -2.52. The van der Waals surface area contributed by atoms with E-state index in [4.69, 9.17) is 0 Å². The molecule has 0 saturated carbocycles. The Balaban J connectivity index is 2.03. The van der Waals surface area contributed by atoms with Crippen LogP contribution in [0.5, 0.6) is 0 Å². The first-order valence-corrected chi connectivity index (χ1v) is 15.8. The average Bonchev–Trinajstić information content (AvgIpc) is 2.97. The minimum absolute atomic E-state index is 0.0928. The number of rotatable bonds is 14. The Labute approximate surface area is 245 Å². The quantitative estimate of drug-likeness (QED) is 0.237. The Morgan fingerprint density at radius 2 is 1.51 bits per heavy atom. The van der Waals surface area contributed by atoms with Crippen molar-refractivity contribution in [2.45, 2.75) is 77.3 Å². The third-order valence-corrected chi connectivity index (χ3v) is 8.93. The molecule has 3 rings (SSSR count). The van der Waals surface area contributed by atoms with E-state index < -0.39 is 28.5 Å². The van der Waals surface area contributed by atoms with Crippen molar-refractivity contribution in [2.75, 3.05) is 17.4 Å². The Morgan fingerprint density at radius 3 is 2.07 bits per heavy atom. The molecule has 7 nitrogen and oxygen atoms in total. The summed E-state index contributed by atoms with van der Waals surface area (Å²) in [4.78, 5) is 29.0. The second kappa shape index (κ2) is 14.8. The number of hydrogen-bond acceptors (Lipinski definition) is 4. The van der Waals surface area contributed by atoms with Crippen molar-refractivity contribution in [3.05, 3.63) is 95.6 Å². The molecule has 0 spiro atoms. The van der Waals surface area contributed by atoms with E-state index in [9.17, 15) is 18.0 Å². The summed E-state index contributed by atoms with van der Waals surface area (Å²) in [5, 5.41) is 2.96. The minimum atomic E-state index is -4.08. The van der Waals surface area contributed by atoms with Crippen molar-refractivity contribution in [3.8, 4) is 0 Å². The molecule has 41 heavy (non-hydrogen) atoms. The second-order valence-electron chi connectivity index (χ2n) is 10.6. The molecule has 3 aromatic carbocycles. The molecule has 0 fully saturated rings. The van der Waals surface area contributed by atoms with Gasteiger partial charge in [0.25, 0.3) is 10.0 Å². The highest BCUT2D eigenvalue weighted by Gasteiger charge is 2.33. The molecule has 0 aliphatic carbocycles. The monoisotopic (exact) mass is 577 g/mol. The van der Waals surface area contributed by atoms with Crippen molar-refractivity contribution in [1.29, 1.82) is 0 Å². The molecule has 0 bridgehead atoms. The van der Waals surface area contributed by atoms with Crippen molar-refractivity contribution in [1.82, 2.24) is 10.2 Å². The number of nitrogens with zero attached hydrogens (tertiary/aromatic N) is 2. The third-order valence-electron chi connectivity index (χ3n) is 7.15. The predicted molar refractivity (Wildman–Crippen MR) is 165 cm³/mol. The van der Waals surface area contributed by atoms with Crippen molar-refractivity contribution in [3.63, 3.8) is 0 Å². The van der Waals surface area contributed by atoms with Crippen LogP contribution in [0, 0.1) is 6.92 Å². The highest BCUT2D eigenvalue weighted by molar-refractivity contribution is 7.92. The van der Waals surface area contributed by atoms with Gasteiger partial charge in [0.2, 0.25) is 11.8 Å². The molecule has 2 amide bonds. The summed E-state index contributed by atoms with van der Waals surface area (Å²) in [6, 6.07) is 22.4. The first-order valence-electron chi connectivity index (χ1n) is 14.4. The molecule has 3 aromatic rings. The average molecular weight is 578 g/mol. The van der Waals surface area contributed by atoms with Gasteiger partial charge in [0.1, 0.15) is 12.6 Å². The van der Waals surface area contributed by atoms with Crippen LogP contribution >= 0.6 is 0 Å². The van der Waals surface area contributed by atoms with E-state index in [0.717, 1.165) is 33.8 Å². The molecule has 0 heterocycles. The standard InChI is InChI=1S/C33H43N3O4S/c1-6-8-22-34-33(38)31(7-2)35(23-27-16-14-26(5)15-17-27)32(37)24-36(29-20-18-28(19-21-29)25(3)4)41(39,40)30-12-10-9-11-13-30/h9-21,25,31H,6-8,22-24H2,1-5H3,(H,34,38). The van der Waals surface area contributed by atoms with E-state index in [1.165, 1.54) is 17.0 Å². The number of amides is 2. The molecule has 1 unspecified atom stereocenters. The molecule has 0 aliphatic heterocycles. The van der Waals surface area contributed by atoms with Crippen molar-refractivity contribution >= 4 is 27.5 Å². The zero-order valence-electron chi connectivity index (χ0n) is 24.8. The van der Waals surface area contributed by atoms with Crippen LogP contribution in [0.25, 0.3) is 0 Å². The van der Waals surface area contributed by atoms with Gasteiger partial charge < -0.3 is 10.2 Å². The summed E-state index contributed by atoms with van der Waals surface area (Å²) in [5.74, 6) is -0.415. The van der Waals surface area contributed by atoms with Gasteiger partial charge in [-0.15, -0.1) is 0 Å². The van der Waals surface area contributed by atoms with Gasteiger partial charge in [-0.05, 0) is 61.1 Å². The normalized spacial score (nSPS) is 12.1. The zero-order chi connectivity index (χ0) is 30.0. The summed E-state index contributed by atoms with van der Waals surface area (Å²) in [6.07, 6.45) is 2.17. The van der Waals surface area contributed by atoms with E-state index in [-0.39, 0.29) is 23.3 Å². The van der Waals surface area contributed by atoms with Gasteiger partial charge in [-0.3, -0.25) is 13.9 Å². The number of unbranched alkanes of at least 4 members (excludes halogenated alkanes) is 1. The summed E-state index contributed by atoms with van der Waals surface area (Å²) in [7, 11) is -4.08. The fourth-order valence-electron chi connectivity index (χ4n) is 4.59. The van der Waals surface area contributed by atoms with Crippen molar-refractivity contribution in [2.24, 2.45) is 0 Å². The third kappa shape index (κ3) is 8.43. The number of aryl methyl sites for hydroxylation is 1. The first-order chi connectivity index (χ1) is 19.6. The van der Waals surface area contributed by atoms with E-state index in [1.807, 2.05) is 57.2 Å². The zero-order valence-corrected chi connectivity index (χ0v) is 25.7. The molecule has 1 atom stereocenters. The smallest absolute Gasteiger partial charge is 0.264 e. The number of sulfonamides is 1. The van der Waals surface area contributed by atoms with Crippen LogP contribution in [-0.4, -0.2) is 44.3 Å². The van der Waals surface area contributed by atoms with Crippen LogP contribution in [0.2, 0.25) is 0 Å². The number of benzene rings is 3. The van der Waals surface area contributed by atoms with Crippen LogP contribution < -0.4 is 9.62 Å². The van der Waals surface area contributed by atoms with Crippen LogP contribution in [-0.2, 0) is 26.2 Å². The fraction of sp³-hybridized carbons (Fsp3) is 0.394. The predicted octanol–water partition coefficient (Wildman–Crippen LogP) is 6.04. The summed E-state index contributed by atoms with van der Waals surface area (Å²) in [5.41, 5.74) is 3.40. The second-order valence-corrected chi connectivity index (χ2v) is 12.5. The number of carbonyl (C=O) groups is 2.